The molecule has 180 valence electrons. The molecule has 1 N–H and O–H groups in total. The summed E-state index contributed by atoms with van der Waals surface area (Å²) >= 11 is 4.69. The molecule has 2 unspecified atom stereocenters. The maximum absolute atomic E-state index is 11.3. The zero-order valence-electron chi connectivity index (χ0n) is 19.0. The van der Waals surface area contributed by atoms with Gasteiger partial charge in [0, 0.05) is 65.4 Å². The number of isothiocyanates is 1. The summed E-state index contributed by atoms with van der Waals surface area (Å²) in [5.74, 6) is -0.331. The van der Waals surface area contributed by atoms with Crippen LogP contribution >= 0.6 is 12.2 Å². The van der Waals surface area contributed by atoms with Crippen molar-refractivity contribution in [2.24, 2.45) is 10.9 Å². The highest BCUT2D eigenvalue weighted by Crippen LogP contribution is 2.18. The van der Waals surface area contributed by atoms with Crippen molar-refractivity contribution < 1.29 is 19.4 Å². The predicted molar refractivity (Wildman–Crippen MR) is 129 cm³/mol. The van der Waals surface area contributed by atoms with Crippen molar-refractivity contribution in [1.82, 2.24) is 19.6 Å². The number of carboxylic acids is 1. The lowest BCUT2D eigenvalue weighted by Gasteiger charge is -2.39. The van der Waals surface area contributed by atoms with Crippen molar-refractivity contribution in [1.29, 1.82) is 0 Å². The number of aliphatic imine (C=N–C) groups is 1. The van der Waals surface area contributed by atoms with E-state index in [4.69, 9.17) is 4.74 Å². The standard InChI is InChI=1S/C23H33N5O4S/c29-19-32-18-28-11-9-25-5-7-27(16-23(30)31)8-6-26(10-12-28)15-21(14-25)13-20-1-3-22(4-2-20)24-17-33/h1-4,19,21H,5-16,18H2,(H,30,31). The Labute approximate surface area is 200 Å². The molecule has 0 aliphatic carbocycles. The fraction of sp³-hybridized carbons (Fsp3) is 0.609. The zero-order valence-corrected chi connectivity index (χ0v) is 19.8. The lowest BCUT2D eigenvalue weighted by Crippen LogP contribution is -2.52. The molecule has 0 aromatic heterocycles. The number of hydrogen-bond donors (Lipinski definition) is 1. The minimum absolute atomic E-state index is 0.0704. The molecule has 2 aliphatic heterocycles. The smallest absolute Gasteiger partial charge is 0.317 e. The Bertz CT molecular complexity index is 796. The molecule has 1 aromatic carbocycles. The van der Waals surface area contributed by atoms with E-state index in [1.54, 1.807) is 0 Å². The Morgan fingerprint density at radius 3 is 2.12 bits per heavy atom. The third-order valence-electron chi connectivity index (χ3n) is 6.28. The van der Waals surface area contributed by atoms with Crippen LogP contribution in [0.2, 0.25) is 0 Å². The van der Waals surface area contributed by atoms with Crippen LogP contribution in [0.1, 0.15) is 5.56 Å². The van der Waals surface area contributed by atoms with E-state index in [-0.39, 0.29) is 6.54 Å². The third kappa shape index (κ3) is 8.92. The number of benzene rings is 1. The molecule has 0 spiro atoms. The molecular formula is C23H33N5O4S. The molecule has 2 saturated heterocycles. The number of hydrogen-bond acceptors (Lipinski definition) is 9. The number of nitrogens with zero attached hydrogens (tertiary/aromatic N) is 5. The van der Waals surface area contributed by atoms with Gasteiger partial charge in [0.15, 0.2) is 0 Å². The second-order valence-electron chi connectivity index (χ2n) is 8.72. The van der Waals surface area contributed by atoms with Crippen molar-refractivity contribution >= 4 is 35.5 Å². The molecule has 2 heterocycles. The summed E-state index contributed by atoms with van der Waals surface area (Å²) in [6, 6.07) is 8.17. The number of carboxylic acid groups (broad SMARTS) is 1. The first-order valence-electron chi connectivity index (χ1n) is 11.4. The molecule has 2 atom stereocenters. The van der Waals surface area contributed by atoms with Crippen LogP contribution in [0.4, 0.5) is 5.69 Å². The van der Waals surface area contributed by atoms with Crippen LogP contribution < -0.4 is 0 Å². The molecule has 0 saturated carbocycles. The fourth-order valence-corrected chi connectivity index (χ4v) is 4.67. The number of rotatable bonds is 8. The van der Waals surface area contributed by atoms with Gasteiger partial charge in [0.05, 0.1) is 17.4 Å². The normalized spacial score (nSPS) is 25.2. The topological polar surface area (TPSA) is 88.9 Å². The Kier molecular flexibility index (Phi) is 10.4. The summed E-state index contributed by atoms with van der Waals surface area (Å²) in [6.45, 7) is 9.11. The van der Waals surface area contributed by atoms with E-state index in [1.807, 2.05) is 17.0 Å². The van der Waals surface area contributed by atoms with Crippen molar-refractivity contribution in [3.8, 4) is 0 Å². The molecular weight excluding hydrogens is 442 g/mol. The van der Waals surface area contributed by atoms with Crippen LogP contribution in [0.15, 0.2) is 29.3 Å². The van der Waals surface area contributed by atoms with Gasteiger partial charge in [-0.25, -0.2) is 0 Å². The number of carbonyl (C=O) groups excluding carboxylic acids is 1. The molecule has 2 bridgehead atoms. The Hall–Kier alpha value is -2.20. The highest BCUT2D eigenvalue weighted by Gasteiger charge is 2.25. The van der Waals surface area contributed by atoms with Crippen LogP contribution in [0, 0.1) is 5.92 Å². The summed E-state index contributed by atoms with van der Waals surface area (Å²) in [5, 5.41) is 11.7. The summed E-state index contributed by atoms with van der Waals surface area (Å²) in [5.41, 5.74) is 2.08. The molecule has 1 aromatic rings. The van der Waals surface area contributed by atoms with Crippen molar-refractivity contribution in [3.63, 3.8) is 0 Å². The fourth-order valence-electron chi connectivity index (χ4n) is 4.57. The average Bonchev–Trinajstić information content (AvgIpc) is 2.79. The largest absolute Gasteiger partial charge is 0.480 e. The van der Waals surface area contributed by atoms with Crippen molar-refractivity contribution in [3.05, 3.63) is 29.8 Å². The summed E-state index contributed by atoms with van der Waals surface area (Å²) in [7, 11) is 0. The van der Waals surface area contributed by atoms with Crippen molar-refractivity contribution in [2.75, 3.05) is 78.7 Å². The number of carbonyl (C=O) groups is 2. The van der Waals surface area contributed by atoms with Crippen LogP contribution in [0.3, 0.4) is 0 Å². The molecule has 2 fully saturated rings. The van der Waals surface area contributed by atoms with Gasteiger partial charge in [-0.3, -0.25) is 19.4 Å². The van der Waals surface area contributed by atoms with Gasteiger partial charge in [-0.1, -0.05) is 12.1 Å². The average molecular weight is 476 g/mol. The predicted octanol–water partition coefficient (Wildman–Crippen LogP) is 1.03. The van der Waals surface area contributed by atoms with Gasteiger partial charge in [0.2, 0.25) is 0 Å². The van der Waals surface area contributed by atoms with Gasteiger partial charge >= 0.3 is 5.97 Å². The molecule has 10 heteroatoms. The SMILES string of the molecule is O=COCN1CCN2CCN(CC(=O)O)CCN(CC1)CC(Cc1ccc(N=C=S)cc1)C2. The van der Waals surface area contributed by atoms with Crippen LogP contribution in [-0.2, 0) is 20.7 Å². The van der Waals surface area contributed by atoms with E-state index >= 15 is 0 Å². The highest BCUT2D eigenvalue weighted by molar-refractivity contribution is 7.78. The Balaban J connectivity index is 1.75. The third-order valence-corrected chi connectivity index (χ3v) is 6.37. The van der Waals surface area contributed by atoms with Gasteiger partial charge in [-0.15, -0.1) is 0 Å². The molecule has 3 rings (SSSR count). The maximum Gasteiger partial charge on any atom is 0.317 e. The number of thiocarbonyl (C=S) groups is 1. The van der Waals surface area contributed by atoms with Gasteiger partial charge in [-0.05, 0) is 42.3 Å². The van der Waals surface area contributed by atoms with Crippen LogP contribution in [0.25, 0.3) is 0 Å². The first kappa shape index (κ1) is 25.4. The lowest BCUT2D eigenvalue weighted by molar-refractivity contribution is -0.138. The monoisotopic (exact) mass is 475 g/mol. The Morgan fingerprint density at radius 1 is 1.03 bits per heavy atom. The van der Waals surface area contributed by atoms with Gasteiger partial charge in [0.1, 0.15) is 6.73 Å². The van der Waals surface area contributed by atoms with E-state index in [2.05, 4.69) is 49.2 Å². The van der Waals surface area contributed by atoms with Gasteiger partial charge in [0.25, 0.3) is 6.47 Å². The minimum atomic E-state index is -0.784. The summed E-state index contributed by atoms with van der Waals surface area (Å²) < 4.78 is 5.02. The van der Waals surface area contributed by atoms with Crippen LogP contribution in [-0.4, -0.2) is 121 Å². The molecule has 33 heavy (non-hydrogen) atoms. The van der Waals surface area contributed by atoms with E-state index in [1.165, 1.54) is 5.56 Å². The number of fused-ring (bicyclic) bond motifs is 4. The van der Waals surface area contributed by atoms with E-state index in [0.29, 0.717) is 19.1 Å². The van der Waals surface area contributed by atoms with E-state index < -0.39 is 5.97 Å². The number of ether oxygens (including phenoxy) is 1. The first-order valence-corrected chi connectivity index (χ1v) is 11.8. The Morgan fingerprint density at radius 2 is 1.61 bits per heavy atom. The molecule has 9 nitrogen and oxygen atoms in total. The quantitative estimate of drug-likeness (QED) is 0.336. The summed E-state index contributed by atoms with van der Waals surface area (Å²) in [4.78, 5) is 35.1. The minimum Gasteiger partial charge on any atom is -0.480 e. The molecule has 0 amide bonds. The van der Waals surface area contributed by atoms with Crippen LogP contribution in [0.5, 0.6) is 0 Å². The van der Waals surface area contributed by atoms with Crippen molar-refractivity contribution in [2.45, 2.75) is 6.42 Å². The molecule has 2 aliphatic rings. The van der Waals surface area contributed by atoms with Gasteiger partial charge in [-0.2, -0.15) is 4.99 Å². The highest BCUT2D eigenvalue weighted by atomic mass is 32.1. The number of aliphatic carboxylic acids is 1. The van der Waals surface area contributed by atoms with Gasteiger partial charge < -0.3 is 19.6 Å². The lowest BCUT2D eigenvalue weighted by atomic mass is 9.97. The zero-order chi connectivity index (χ0) is 23.5. The second-order valence-corrected chi connectivity index (χ2v) is 8.90. The first-order chi connectivity index (χ1) is 16.1. The van der Waals surface area contributed by atoms with E-state index in [0.717, 1.165) is 77.6 Å². The summed E-state index contributed by atoms with van der Waals surface area (Å²) in [6.07, 6.45) is 0.964. The maximum atomic E-state index is 11.3. The second kappa shape index (κ2) is 13.5. The molecule has 0 radical (unpaired) electrons. The van der Waals surface area contributed by atoms with E-state index in [9.17, 15) is 14.7 Å².